The number of anilines is 1. The van der Waals surface area contributed by atoms with Gasteiger partial charge in [0.05, 0.1) is 19.5 Å². The molecule has 2 amide bonds. The molecule has 1 saturated heterocycles. The zero-order valence-electron chi connectivity index (χ0n) is 27.6. The van der Waals surface area contributed by atoms with E-state index >= 15 is 0 Å². The van der Waals surface area contributed by atoms with E-state index in [-0.39, 0.29) is 41.3 Å². The molecule has 1 aliphatic rings. The minimum Gasteiger partial charge on any atom is -0.386 e. The number of rotatable bonds is 17. The van der Waals surface area contributed by atoms with Crippen LogP contribution in [-0.4, -0.2) is 112 Å². The zero-order valence-corrected chi connectivity index (χ0v) is 30.2. The fourth-order valence-electron chi connectivity index (χ4n) is 4.30. The Kier molecular flexibility index (Phi) is 13.5. The van der Waals surface area contributed by atoms with Gasteiger partial charge in [0.15, 0.2) is 17.7 Å². The molecule has 3 heterocycles. The van der Waals surface area contributed by atoms with E-state index in [1.807, 2.05) is 20.8 Å². The van der Waals surface area contributed by atoms with Crippen molar-refractivity contribution in [1.29, 1.82) is 0 Å². The van der Waals surface area contributed by atoms with Crippen LogP contribution in [0.1, 0.15) is 47.3 Å². The summed E-state index contributed by atoms with van der Waals surface area (Å²) in [4.78, 5) is 75.2. The summed E-state index contributed by atoms with van der Waals surface area (Å²) < 4.78 is 61.9. The van der Waals surface area contributed by atoms with Gasteiger partial charge in [0, 0.05) is 24.9 Å². The number of imidazole rings is 1. The molecule has 0 aromatic carbocycles. The smallest absolute Gasteiger partial charge is 0.386 e. The lowest BCUT2D eigenvalue weighted by atomic mass is 9.87. The number of nitrogens with zero attached hydrogens (tertiary/aromatic N) is 4. The maximum atomic E-state index is 12.6. The SMILES string of the molecule is CC(C)(C)CNC(=O)CCNC(=O)C(O)C(C)(C)COP(=O)(O)OP(=O)(O)OCC1OC(n2cnc3c(N)ncnc32)C(O)C1OP(=O)(O)O. The molecule has 0 aliphatic carbocycles. The lowest BCUT2D eigenvalue weighted by molar-refractivity contribution is -0.137. The molecular formula is C24H42N7O16P3. The summed E-state index contributed by atoms with van der Waals surface area (Å²) in [6.45, 7) is 6.62. The average molecular weight is 778 g/mol. The predicted molar refractivity (Wildman–Crippen MR) is 169 cm³/mol. The van der Waals surface area contributed by atoms with Crippen LogP contribution in [0.15, 0.2) is 12.7 Å². The van der Waals surface area contributed by atoms with E-state index < -0.39 is 78.6 Å². The Balaban J connectivity index is 1.58. The second-order valence-electron chi connectivity index (χ2n) is 13.1. The number of aromatic nitrogens is 4. The molecule has 0 saturated carbocycles. The fraction of sp³-hybridized carbons (Fsp3) is 0.708. The molecule has 3 rings (SSSR count). The quantitative estimate of drug-likeness (QED) is 0.0910. The number of carbonyl (C=O) groups is 2. The summed E-state index contributed by atoms with van der Waals surface area (Å²) in [6, 6.07) is 0. The van der Waals surface area contributed by atoms with E-state index in [9.17, 15) is 53.1 Å². The van der Waals surface area contributed by atoms with Crippen LogP contribution in [0.25, 0.3) is 11.2 Å². The molecule has 0 spiro atoms. The highest BCUT2D eigenvalue weighted by molar-refractivity contribution is 7.61. The summed E-state index contributed by atoms with van der Waals surface area (Å²) in [5, 5.41) is 26.4. The second-order valence-corrected chi connectivity index (χ2v) is 17.3. The van der Waals surface area contributed by atoms with Gasteiger partial charge in [-0.2, -0.15) is 4.31 Å². The first-order valence-corrected chi connectivity index (χ1v) is 19.2. The lowest BCUT2D eigenvalue weighted by Crippen LogP contribution is -2.46. The van der Waals surface area contributed by atoms with Gasteiger partial charge in [-0.25, -0.2) is 28.6 Å². The number of hydrogen-bond donors (Lipinski definition) is 9. The predicted octanol–water partition coefficient (Wildman–Crippen LogP) is -0.549. The van der Waals surface area contributed by atoms with E-state index in [0.717, 1.165) is 17.2 Å². The van der Waals surface area contributed by atoms with E-state index in [1.165, 1.54) is 13.8 Å². The van der Waals surface area contributed by atoms with Crippen LogP contribution in [-0.2, 0) is 45.9 Å². The maximum absolute atomic E-state index is 12.6. The number of nitrogen functional groups attached to an aromatic ring is 1. The van der Waals surface area contributed by atoms with Crippen molar-refractivity contribution in [2.45, 2.75) is 71.7 Å². The lowest BCUT2D eigenvalue weighted by Gasteiger charge is -2.30. The molecule has 0 bridgehead atoms. The van der Waals surface area contributed by atoms with Crippen molar-refractivity contribution in [1.82, 2.24) is 30.2 Å². The third-order valence-corrected chi connectivity index (χ3v) is 9.99. The Bertz CT molecular complexity index is 1660. The van der Waals surface area contributed by atoms with Gasteiger partial charge in [-0.1, -0.05) is 34.6 Å². The molecule has 7 atom stereocenters. The number of amides is 2. The molecule has 10 N–H and O–H groups in total. The molecule has 2 aromatic rings. The summed E-state index contributed by atoms with van der Waals surface area (Å²) in [5.41, 5.74) is 4.16. The highest BCUT2D eigenvalue weighted by atomic mass is 31.3. The molecule has 26 heteroatoms. The summed E-state index contributed by atoms with van der Waals surface area (Å²) in [5.74, 6) is -1.30. The Morgan fingerprint density at radius 1 is 1.04 bits per heavy atom. The Morgan fingerprint density at radius 3 is 2.30 bits per heavy atom. The number of hydrogen-bond acceptors (Lipinski definition) is 16. The monoisotopic (exact) mass is 777 g/mol. The average Bonchev–Trinajstić information content (AvgIpc) is 3.53. The number of aliphatic hydroxyl groups is 2. The number of ether oxygens (including phenoxy) is 1. The minimum atomic E-state index is -5.54. The van der Waals surface area contributed by atoms with Crippen molar-refractivity contribution in [3.63, 3.8) is 0 Å². The summed E-state index contributed by atoms with van der Waals surface area (Å²) >= 11 is 0. The highest BCUT2D eigenvalue weighted by Gasteiger charge is 2.50. The van der Waals surface area contributed by atoms with Crippen molar-refractivity contribution < 1.29 is 75.7 Å². The van der Waals surface area contributed by atoms with E-state index in [4.69, 9.17) is 19.5 Å². The van der Waals surface area contributed by atoms with Gasteiger partial charge in [-0.05, 0) is 5.41 Å². The highest BCUT2D eigenvalue weighted by Crippen LogP contribution is 2.61. The summed E-state index contributed by atoms with van der Waals surface area (Å²) in [7, 11) is -16.3. The normalized spacial score (nSPS) is 23.3. The standard InChI is InChI=1S/C24H42N7O16P3/c1-23(2,3)9-27-14(32)6-7-26-21(35)18(34)24(4,5)10-44-50(41,42)47-49(39,40)43-8-13-17(46-48(36,37)38)16(33)22(45-13)31-12-30-15-19(25)28-11-29-20(15)31/h11-13,16-18,22,33-34H,6-10H2,1-5H3,(H,26,35)(H,27,32)(H,39,40)(H,41,42)(H2,25,28,29)(H2,36,37,38). The van der Waals surface area contributed by atoms with Crippen molar-refractivity contribution in [2.24, 2.45) is 10.8 Å². The molecule has 2 aromatic heterocycles. The van der Waals surface area contributed by atoms with Crippen LogP contribution >= 0.6 is 23.5 Å². The Hall–Kier alpha value is -2.46. The van der Waals surface area contributed by atoms with Crippen LogP contribution in [0.4, 0.5) is 5.82 Å². The number of aliphatic hydroxyl groups excluding tert-OH is 2. The maximum Gasteiger partial charge on any atom is 0.481 e. The Labute approximate surface area is 285 Å². The van der Waals surface area contributed by atoms with Crippen LogP contribution < -0.4 is 16.4 Å². The number of carbonyl (C=O) groups excluding carboxylic acids is 2. The minimum absolute atomic E-state index is 0.0349. The first-order chi connectivity index (χ1) is 22.8. The van der Waals surface area contributed by atoms with E-state index in [2.05, 4.69) is 34.4 Å². The van der Waals surface area contributed by atoms with Crippen LogP contribution in [0.2, 0.25) is 0 Å². The Morgan fingerprint density at radius 2 is 1.68 bits per heavy atom. The molecule has 7 unspecified atom stereocenters. The number of nitrogens with one attached hydrogen (secondary N) is 2. The number of phosphoric ester groups is 3. The van der Waals surface area contributed by atoms with Gasteiger partial charge < -0.3 is 50.9 Å². The number of fused-ring (bicyclic) bond motifs is 1. The van der Waals surface area contributed by atoms with Gasteiger partial charge in [-0.15, -0.1) is 0 Å². The van der Waals surface area contributed by atoms with Gasteiger partial charge in [0.2, 0.25) is 11.8 Å². The third-order valence-electron chi connectivity index (χ3n) is 6.89. The van der Waals surface area contributed by atoms with Gasteiger partial charge in [0.25, 0.3) is 0 Å². The van der Waals surface area contributed by atoms with Crippen LogP contribution in [0, 0.1) is 10.8 Å². The van der Waals surface area contributed by atoms with Gasteiger partial charge in [0.1, 0.15) is 36.3 Å². The molecule has 284 valence electrons. The third kappa shape index (κ3) is 12.1. The fourth-order valence-corrected chi connectivity index (χ4v) is 7.13. The zero-order chi connectivity index (χ0) is 37.9. The van der Waals surface area contributed by atoms with Gasteiger partial charge in [-0.3, -0.25) is 27.7 Å². The molecule has 1 aliphatic heterocycles. The molecular weight excluding hydrogens is 735 g/mol. The van der Waals surface area contributed by atoms with Crippen molar-refractivity contribution in [2.75, 3.05) is 32.0 Å². The molecule has 1 fully saturated rings. The van der Waals surface area contributed by atoms with E-state index in [1.54, 1.807) is 0 Å². The van der Waals surface area contributed by atoms with Crippen molar-refractivity contribution in [3.05, 3.63) is 12.7 Å². The largest absolute Gasteiger partial charge is 0.481 e. The topological polar surface area (TPSA) is 347 Å². The van der Waals surface area contributed by atoms with Crippen LogP contribution in [0.3, 0.4) is 0 Å². The first kappa shape index (κ1) is 42.0. The molecule has 50 heavy (non-hydrogen) atoms. The summed E-state index contributed by atoms with van der Waals surface area (Å²) in [6.07, 6.45) is -6.71. The first-order valence-electron chi connectivity index (χ1n) is 14.7. The second kappa shape index (κ2) is 16.1. The molecule has 0 radical (unpaired) electrons. The number of nitrogens with two attached hydrogens (primary N) is 1. The molecule has 23 nitrogen and oxygen atoms in total. The van der Waals surface area contributed by atoms with E-state index in [0.29, 0.717) is 6.54 Å². The van der Waals surface area contributed by atoms with Crippen molar-refractivity contribution >= 4 is 52.3 Å². The van der Waals surface area contributed by atoms with Gasteiger partial charge >= 0.3 is 23.5 Å². The number of phosphoric acid groups is 3. The van der Waals surface area contributed by atoms with Crippen molar-refractivity contribution in [3.8, 4) is 0 Å². The van der Waals surface area contributed by atoms with Crippen LogP contribution in [0.5, 0.6) is 0 Å².